The summed E-state index contributed by atoms with van der Waals surface area (Å²) < 4.78 is 0. The maximum absolute atomic E-state index is 12.3. The number of benzene rings is 4. The summed E-state index contributed by atoms with van der Waals surface area (Å²) in [5, 5.41) is 9.95. The molecule has 0 aromatic heterocycles. The van der Waals surface area contributed by atoms with Crippen LogP contribution in [0.5, 0.6) is 0 Å². The molecule has 162 valence electrons. The molecule has 0 spiro atoms. The lowest BCUT2D eigenvalue weighted by molar-refractivity contribution is -0.134. The van der Waals surface area contributed by atoms with E-state index in [0.29, 0.717) is 11.4 Å². The average Bonchev–Trinajstić information content (AvgIpc) is 2.86. The van der Waals surface area contributed by atoms with Crippen molar-refractivity contribution < 1.29 is 14.4 Å². The van der Waals surface area contributed by atoms with Crippen molar-refractivity contribution in [2.24, 2.45) is 10.2 Å². The van der Waals surface area contributed by atoms with Crippen molar-refractivity contribution in [1.29, 1.82) is 0 Å². The number of amides is 1. The van der Waals surface area contributed by atoms with Crippen LogP contribution >= 0.6 is 0 Å². The van der Waals surface area contributed by atoms with E-state index in [4.69, 9.17) is 4.84 Å². The highest BCUT2D eigenvalue weighted by atomic mass is 16.7. The number of fused-ring (bicyclic) bond motifs is 1. The number of nitrogens with one attached hydrogen (secondary N) is 1. The van der Waals surface area contributed by atoms with Gasteiger partial charge in [0, 0.05) is 6.08 Å². The van der Waals surface area contributed by atoms with Gasteiger partial charge in [-0.2, -0.15) is 0 Å². The normalized spacial score (nSPS) is 11.2. The number of hydrogen-bond acceptors (Lipinski definition) is 5. The monoisotopic (exact) mass is 435 g/mol. The van der Waals surface area contributed by atoms with E-state index >= 15 is 0 Å². The fourth-order valence-corrected chi connectivity index (χ4v) is 3.23. The quantitative estimate of drug-likeness (QED) is 0.211. The number of rotatable bonds is 7. The Bertz CT molecular complexity index is 1310. The lowest BCUT2D eigenvalue weighted by Gasteiger charge is -2.05. The second-order valence-electron chi connectivity index (χ2n) is 7.22. The van der Waals surface area contributed by atoms with Crippen LogP contribution in [0.2, 0.25) is 0 Å². The highest BCUT2D eigenvalue weighted by Gasteiger charge is 2.06. The van der Waals surface area contributed by atoms with E-state index in [1.165, 1.54) is 6.08 Å². The van der Waals surface area contributed by atoms with Crippen LogP contribution in [-0.4, -0.2) is 11.9 Å². The number of azo groups is 1. The molecule has 4 rings (SSSR count). The van der Waals surface area contributed by atoms with E-state index in [-0.39, 0.29) is 12.3 Å². The molecular formula is C27H21N3O3. The van der Waals surface area contributed by atoms with Crippen molar-refractivity contribution >= 4 is 40.1 Å². The number of hydrogen-bond donors (Lipinski definition) is 1. The van der Waals surface area contributed by atoms with Gasteiger partial charge in [0.2, 0.25) is 0 Å². The molecule has 4 aromatic carbocycles. The van der Waals surface area contributed by atoms with E-state index in [9.17, 15) is 9.59 Å². The van der Waals surface area contributed by atoms with Gasteiger partial charge in [-0.15, -0.1) is 10.2 Å². The van der Waals surface area contributed by atoms with Crippen molar-refractivity contribution in [3.05, 3.63) is 114 Å². The molecule has 6 heteroatoms. The Morgan fingerprint density at radius 1 is 0.818 bits per heavy atom. The maximum Gasteiger partial charge on any atom is 0.355 e. The van der Waals surface area contributed by atoms with E-state index in [0.717, 1.165) is 21.9 Å². The Labute approximate surface area is 191 Å². The third-order valence-electron chi connectivity index (χ3n) is 4.85. The van der Waals surface area contributed by atoms with Gasteiger partial charge in [0.05, 0.1) is 17.8 Å². The molecule has 6 nitrogen and oxygen atoms in total. The van der Waals surface area contributed by atoms with Gasteiger partial charge in [-0.3, -0.25) is 4.79 Å². The molecule has 0 atom stereocenters. The zero-order chi connectivity index (χ0) is 22.9. The number of nitrogens with zero attached hydrogens (tertiary/aromatic N) is 2. The van der Waals surface area contributed by atoms with Crippen LogP contribution in [0.15, 0.2) is 113 Å². The van der Waals surface area contributed by atoms with Crippen molar-refractivity contribution in [3.63, 3.8) is 0 Å². The van der Waals surface area contributed by atoms with Gasteiger partial charge in [-0.1, -0.05) is 72.8 Å². The van der Waals surface area contributed by atoms with Gasteiger partial charge in [0.15, 0.2) is 0 Å². The zero-order valence-electron chi connectivity index (χ0n) is 17.7. The van der Waals surface area contributed by atoms with E-state index in [1.807, 2.05) is 72.8 Å². The smallest absolute Gasteiger partial charge is 0.339 e. The summed E-state index contributed by atoms with van der Waals surface area (Å²) in [6.45, 7) is 0. The molecule has 0 aliphatic heterocycles. The van der Waals surface area contributed by atoms with Crippen molar-refractivity contribution in [2.45, 2.75) is 6.42 Å². The molecule has 1 N–H and O–H groups in total. The molecule has 0 saturated carbocycles. The predicted octanol–water partition coefficient (Wildman–Crippen LogP) is 6.28. The second kappa shape index (κ2) is 10.6. The van der Waals surface area contributed by atoms with Crippen molar-refractivity contribution in [1.82, 2.24) is 0 Å². The SMILES string of the molecule is O=C(Cc1cccc2ccccc12)N=Nc1ccc(NOC(=O)C=Cc2ccccc2)cc1. The molecule has 1 amide bonds. The zero-order valence-corrected chi connectivity index (χ0v) is 17.7. The molecule has 0 fully saturated rings. The Balaban J connectivity index is 1.29. The minimum absolute atomic E-state index is 0.178. The summed E-state index contributed by atoms with van der Waals surface area (Å²) in [7, 11) is 0. The average molecular weight is 435 g/mol. The third kappa shape index (κ3) is 6.21. The molecule has 0 aliphatic carbocycles. The highest BCUT2D eigenvalue weighted by Crippen LogP contribution is 2.20. The minimum Gasteiger partial charge on any atom is -0.339 e. The predicted molar refractivity (Wildman–Crippen MR) is 129 cm³/mol. The Morgan fingerprint density at radius 2 is 1.55 bits per heavy atom. The largest absolute Gasteiger partial charge is 0.355 e. The van der Waals surface area contributed by atoms with Gasteiger partial charge in [0.1, 0.15) is 0 Å². The van der Waals surface area contributed by atoms with E-state index < -0.39 is 5.97 Å². The first kappa shape index (κ1) is 21.6. The van der Waals surface area contributed by atoms with Crippen LogP contribution in [0.1, 0.15) is 11.1 Å². The summed E-state index contributed by atoms with van der Waals surface area (Å²) in [4.78, 5) is 29.1. The molecule has 0 saturated heterocycles. The fourth-order valence-electron chi connectivity index (χ4n) is 3.23. The minimum atomic E-state index is -0.526. The third-order valence-corrected chi connectivity index (χ3v) is 4.85. The maximum atomic E-state index is 12.3. The topological polar surface area (TPSA) is 80.1 Å². The summed E-state index contributed by atoms with van der Waals surface area (Å²) >= 11 is 0. The van der Waals surface area contributed by atoms with Crippen molar-refractivity contribution in [2.75, 3.05) is 5.48 Å². The number of carbonyl (C=O) groups excluding carboxylic acids is 2. The molecule has 0 bridgehead atoms. The van der Waals surface area contributed by atoms with Crippen LogP contribution in [0, 0.1) is 0 Å². The molecule has 0 aliphatic rings. The molecule has 0 heterocycles. The Morgan fingerprint density at radius 3 is 2.36 bits per heavy atom. The molecular weight excluding hydrogens is 414 g/mol. The van der Waals surface area contributed by atoms with Gasteiger partial charge >= 0.3 is 5.97 Å². The first-order chi connectivity index (χ1) is 16.2. The number of carbonyl (C=O) groups is 2. The van der Waals surface area contributed by atoms with E-state index in [2.05, 4.69) is 15.7 Å². The van der Waals surface area contributed by atoms with Gasteiger partial charge in [-0.25, -0.2) is 10.3 Å². The first-order valence-electron chi connectivity index (χ1n) is 10.4. The Kier molecular flexibility index (Phi) is 6.98. The number of anilines is 1. The van der Waals surface area contributed by atoms with Crippen LogP contribution in [0.25, 0.3) is 16.8 Å². The summed E-state index contributed by atoms with van der Waals surface area (Å²) in [5.41, 5.74) is 5.48. The molecule has 0 radical (unpaired) electrons. The van der Waals surface area contributed by atoms with Crippen LogP contribution in [0.3, 0.4) is 0 Å². The van der Waals surface area contributed by atoms with Crippen LogP contribution < -0.4 is 5.48 Å². The summed E-state index contributed by atoms with van der Waals surface area (Å²) in [6.07, 6.45) is 3.19. The van der Waals surface area contributed by atoms with Gasteiger partial charge < -0.3 is 4.84 Å². The standard InChI is InChI=1S/C27H21N3O3/c31-26(19-22-11-6-10-21-9-4-5-12-25(21)22)29-28-23-14-16-24(17-15-23)30-33-27(32)18-13-20-7-2-1-3-8-20/h1-18,30H,19H2. The summed E-state index contributed by atoms with van der Waals surface area (Å²) in [5.74, 6) is -0.852. The van der Waals surface area contributed by atoms with Gasteiger partial charge in [-0.05, 0) is 52.2 Å². The summed E-state index contributed by atoms with van der Waals surface area (Å²) in [6, 6.07) is 29.9. The molecule has 33 heavy (non-hydrogen) atoms. The lowest BCUT2D eigenvalue weighted by Crippen LogP contribution is -2.07. The van der Waals surface area contributed by atoms with E-state index in [1.54, 1.807) is 30.3 Å². The van der Waals surface area contributed by atoms with Crippen LogP contribution in [-0.2, 0) is 20.8 Å². The fraction of sp³-hybridized carbons (Fsp3) is 0.0370. The Hall–Kier alpha value is -4.58. The van der Waals surface area contributed by atoms with Gasteiger partial charge in [0.25, 0.3) is 5.91 Å². The highest BCUT2D eigenvalue weighted by molar-refractivity contribution is 5.90. The van der Waals surface area contributed by atoms with Crippen LogP contribution in [0.4, 0.5) is 11.4 Å². The van der Waals surface area contributed by atoms with Crippen molar-refractivity contribution in [3.8, 4) is 0 Å². The molecule has 4 aromatic rings. The molecule has 0 unspecified atom stereocenters. The first-order valence-corrected chi connectivity index (χ1v) is 10.4. The lowest BCUT2D eigenvalue weighted by atomic mass is 10.0. The second-order valence-corrected chi connectivity index (χ2v) is 7.22.